The van der Waals surface area contributed by atoms with Crippen molar-refractivity contribution in [3.63, 3.8) is 0 Å². The number of hydrogen-bond donors (Lipinski definition) is 0. The zero-order valence-electron chi connectivity index (χ0n) is 10.7. The first-order chi connectivity index (χ1) is 7.65. The van der Waals surface area contributed by atoms with Gasteiger partial charge < -0.3 is 0 Å². The van der Waals surface area contributed by atoms with Crippen molar-refractivity contribution >= 4 is 10.8 Å². The molecule has 0 heteroatoms. The summed E-state index contributed by atoms with van der Waals surface area (Å²) in [5.74, 6) is 0. The fraction of sp³-hybridized carbons (Fsp3) is 0.375. The normalized spacial score (nSPS) is 11.0. The first-order valence-corrected chi connectivity index (χ1v) is 6.18. The molecule has 0 aromatic heterocycles. The van der Waals surface area contributed by atoms with Crippen LogP contribution in [-0.2, 0) is 12.8 Å². The van der Waals surface area contributed by atoms with Crippen molar-refractivity contribution in [2.24, 2.45) is 0 Å². The van der Waals surface area contributed by atoms with Gasteiger partial charge in [0.25, 0.3) is 0 Å². The molecule has 0 bridgehead atoms. The van der Waals surface area contributed by atoms with Crippen LogP contribution in [0.4, 0.5) is 0 Å². The van der Waals surface area contributed by atoms with E-state index in [1.807, 2.05) is 0 Å². The van der Waals surface area contributed by atoms with E-state index in [9.17, 15) is 0 Å². The molecule has 0 aliphatic heterocycles. The van der Waals surface area contributed by atoms with Crippen molar-refractivity contribution in [2.75, 3.05) is 0 Å². The molecule has 16 heavy (non-hydrogen) atoms. The predicted molar refractivity (Wildman–Crippen MR) is 72.2 cm³/mol. The molecule has 0 saturated carbocycles. The molecule has 0 atom stereocenters. The zero-order chi connectivity index (χ0) is 11.7. The summed E-state index contributed by atoms with van der Waals surface area (Å²) in [7, 11) is 0. The summed E-state index contributed by atoms with van der Waals surface area (Å²) < 4.78 is 0. The van der Waals surface area contributed by atoms with E-state index in [2.05, 4.69) is 52.0 Å². The molecular formula is C16H20. The Kier molecular flexibility index (Phi) is 3.00. The van der Waals surface area contributed by atoms with Gasteiger partial charge in [0.1, 0.15) is 0 Å². The van der Waals surface area contributed by atoms with E-state index >= 15 is 0 Å². The molecule has 0 N–H and O–H groups in total. The second-order valence-corrected chi connectivity index (χ2v) is 4.63. The Labute approximate surface area is 98.3 Å². The lowest BCUT2D eigenvalue weighted by Crippen LogP contribution is -1.90. The second kappa shape index (κ2) is 4.29. The van der Waals surface area contributed by atoms with Gasteiger partial charge in [-0.2, -0.15) is 0 Å². The molecule has 2 rings (SSSR count). The number of fused-ring (bicyclic) bond motifs is 1. The largest absolute Gasteiger partial charge is 0.0613 e. The fourth-order valence-corrected chi connectivity index (χ4v) is 2.38. The number of hydrogen-bond acceptors (Lipinski definition) is 0. The number of rotatable bonds is 2. The van der Waals surface area contributed by atoms with E-state index in [4.69, 9.17) is 0 Å². The quantitative estimate of drug-likeness (QED) is 0.683. The maximum Gasteiger partial charge on any atom is -0.0149 e. The molecule has 0 spiro atoms. The Morgan fingerprint density at radius 1 is 0.688 bits per heavy atom. The van der Waals surface area contributed by atoms with Crippen LogP contribution in [0.1, 0.15) is 36.1 Å². The molecule has 0 saturated heterocycles. The molecule has 0 nitrogen and oxygen atoms in total. The highest BCUT2D eigenvalue weighted by atomic mass is 14.1. The predicted octanol–water partition coefficient (Wildman–Crippen LogP) is 4.58. The molecule has 2 aromatic carbocycles. The van der Waals surface area contributed by atoms with Gasteiger partial charge in [-0.25, -0.2) is 0 Å². The van der Waals surface area contributed by atoms with Crippen LogP contribution in [0, 0.1) is 13.8 Å². The molecule has 0 unspecified atom stereocenters. The lowest BCUT2D eigenvalue weighted by Gasteiger charge is -2.10. The SMILES string of the molecule is CCc1cc(C)c2cc(CC)cc(C)c2c1. The molecular weight excluding hydrogens is 192 g/mol. The van der Waals surface area contributed by atoms with Gasteiger partial charge in [-0.3, -0.25) is 0 Å². The van der Waals surface area contributed by atoms with Gasteiger partial charge in [0.15, 0.2) is 0 Å². The Morgan fingerprint density at radius 2 is 1.06 bits per heavy atom. The summed E-state index contributed by atoms with van der Waals surface area (Å²) in [5, 5.41) is 2.85. The van der Waals surface area contributed by atoms with E-state index in [-0.39, 0.29) is 0 Å². The van der Waals surface area contributed by atoms with Crippen LogP contribution >= 0.6 is 0 Å². The molecule has 0 amide bonds. The maximum absolute atomic E-state index is 2.34. The highest BCUT2D eigenvalue weighted by molar-refractivity contribution is 5.89. The van der Waals surface area contributed by atoms with Crippen molar-refractivity contribution in [3.05, 3.63) is 46.5 Å². The van der Waals surface area contributed by atoms with Gasteiger partial charge in [-0.05, 0) is 59.7 Å². The van der Waals surface area contributed by atoms with Gasteiger partial charge in [-0.1, -0.05) is 38.1 Å². The average Bonchev–Trinajstić information content (AvgIpc) is 2.29. The van der Waals surface area contributed by atoms with Crippen LogP contribution in [-0.4, -0.2) is 0 Å². The van der Waals surface area contributed by atoms with E-state index in [0.717, 1.165) is 12.8 Å². The zero-order valence-corrected chi connectivity index (χ0v) is 10.7. The third kappa shape index (κ3) is 1.84. The highest BCUT2D eigenvalue weighted by Gasteiger charge is 2.04. The van der Waals surface area contributed by atoms with Crippen molar-refractivity contribution in [1.82, 2.24) is 0 Å². The van der Waals surface area contributed by atoms with Crippen LogP contribution < -0.4 is 0 Å². The molecule has 0 aliphatic rings. The van der Waals surface area contributed by atoms with Crippen LogP contribution in [0.15, 0.2) is 24.3 Å². The van der Waals surface area contributed by atoms with Crippen LogP contribution in [0.2, 0.25) is 0 Å². The second-order valence-electron chi connectivity index (χ2n) is 4.63. The van der Waals surface area contributed by atoms with Crippen LogP contribution in [0.5, 0.6) is 0 Å². The molecule has 0 heterocycles. The first-order valence-electron chi connectivity index (χ1n) is 6.18. The van der Waals surface area contributed by atoms with Gasteiger partial charge in [0.05, 0.1) is 0 Å². The van der Waals surface area contributed by atoms with Gasteiger partial charge >= 0.3 is 0 Å². The Bertz CT molecular complexity index is 472. The monoisotopic (exact) mass is 212 g/mol. The minimum atomic E-state index is 1.12. The van der Waals surface area contributed by atoms with Crippen molar-refractivity contribution in [2.45, 2.75) is 40.5 Å². The Morgan fingerprint density at radius 3 is 1.38 bits per heavy atom. The summed E-state index contributed by atoms with van der Waals surface area (Å²) in [6.07, 6.45) is 2.23. The fourth-order valence-electron chi connectivity index (χ4n) is 2.38. The van der Waals surface area contributed by atoms with Crippen LogP contribution in [0.3, 0.4) is 0 Å². The van der Waals surface area contributed by atoms with Gasteiger partial charge in [0.2, 0.25) is 0 Å². The molecule has 84 valence electrons. The summed E-state index contributed by atoms with van der Waals surface area (Å²) in [6.45, 7) is 8.88. The third-order valence-corrected chi connectivity index (χ3v) is 3.42. The number of benzene rings is 2. The van der Waals surface area contributed by atoms with E-state index in [1.54, 1.807) is 0 Å². The lowest BCUT2D eigenvalue weighted by molar-refractivity contribution is 1.13. The van der Waals surface area contributed by atoms with Crippen molar-refractivity contribution in [1.29, 1.82) is 0 Å². The smallest absolute Gasteiger partial charge is 0.0149 e. The summed E-state index contributed by atoms with van der Waals surface area (Å²) in [4.78, 5) is 0. The van der Waals surface area contributed by atoms with E-state index in [0.29, 0.717) is 0 Å². The highest BCUT2D eigenvalue weighted by Crippen LogP contribution is 2.26. The van der Waals surface area contributed by atoms with Crippen LogP contribution in [0.25, 0.3) is 10.8 Å². The summed E-state index contributed by atoms with van der Waals surface area (Å²) >= 11 is 0. The lowest BCUT2D eigenvalue weighted by atomic mass is 9.95. The van der Waals surface area contributed by atoms with Crippen molar-refractivity contribution in [3.8, 4) is 0 Å². The number of aryl methyl sites for hydroxylation is 4. The molecule has 0 radical (unpaired) electrons. The third-order valence-electron chi connectivity index (χ3n) is 3.42. The minimum Gasteiger partial charge on any atom is -0.0613 e. The average molecular weight is 212 g/mol. The minimum absolute atomic E-state index is 1.12. The van der Waals surface area contributed by atoms with Crippen molar-refractivity contribution < 1.29 is 0 Å². The topological polar surface area (TPSA) is 0 Å². The first kappa shape index (κ1) is 11.2. The van der Waals surface area contributed by atoms with E-state index in [1.165, 1.54) is 33.0 Å². The Hall–Kier alpha value is -1.30. The van der Waals surface area contributed by atoms with Gasteiger partial charge in [0, 0.05) is 0 Å². The van der Waals surface area contributed by atoms with E-state index < -0.39 is 0 Å². The summed E-state index contributed by atoms with van der Waals surface area (Å²) in [5.41, 5.74) is 5.70. The van der Waals surface area contributed by atoms with Gasteiger partial charge in [-0.15, -0.1) is 0 Å². The summed E-state index contributed by atoms with van der Waals surface area (Å²) in [6, 6.07) is 9.33. The standard InChI is InChI=1S/C16H20/c1-5-13-7-11(3)16-10-14(6-2)8-12(4)15(16)9-13/h7-10H,5-6H2,1-4H3. The molecule has 2 aromatic rings. The molecule has 0 fully saturated rings. The maximum atomic E-state index is 2.34. The Balaban J connectivity index is 2.78. The molecule has 0 aliphatic carbocycles.